The maximum atomic E-state index is 12.4. The molecule has 1 aliphatic heterocycles. The van der Waals surface area contributed by atoms with E-state index in [4.69, 9.17) is 0 Å². The Labute approximate surface area is 130 Å². The fraction of sp³-hybridized carbons (Fsp3) is 0.938. The highest BCUT2D eigenvalue weighted by atomic mass is 35.5. The Bertz CT molecular complexity index is 318. The van der Waals surface area contributed by atoms with E-state index < -0.39 is 0 Å². The molecule has 0 bridgehead atoms. The van der Waals surface area contributed by atoms with Gasteiger partial charge in [-0.25, -0.2) is 0 Å². The molecule has 0 aromatic heterocycles. The van der Waals surface area contributed by atoms with Gasteiger partial charge in [0.1, 0.15) is 0 Å². The third-order valence-corrected chi connectivity index (χ3v) is 5.05. The van der Waals surface area contributed by atoms with Crippen molar-refractivity contribution >= 4 is 18.3 Å². The Morgan fingerprint density at radius 3 is 2.40 bits per heavy atom. The molecule has 1 saturated carbocycles. The number of rotatable bonds is 5. The SMILES string of the molecule is CC(C)CC1(CNC(=O)C2(C)CCNC2)CCCC1.Cl. The summed E-state index contributed by atoms with van der Waals surface area (Å²) in [5.41, 5.74) is 0.198. The summed E-state index contributed by atoms with van der Waals surface area (Å²) in [4.78, 5) is 12.4. The van der Waals surface area contributed by atoms with Gasteiger partial charge >= 0.3 is 0 Å². The highest BCUT2D eigenvalue weighted by molar-refractivity contribution is 5.85. The van der Waals surface area contributed by atoms with E-state index in [1.807, 2.05) is 0 Å². The van der Waals surface area contributed by atoms with Gasteiger partial charge in [-0.15, -0.1) is 12.4 Å². The smallest absolute Gasteiger partial charge is 0.227 e. The van der Waals surface area contributed by atoms with Crippen molar-refractivity contribution in [2.45, 2.75) is 59.3 Å². The summed E-state index contributed by atoms with van der Waals surface area (Å²) >= 11 is 0. The van der Waals surface area contributed by atoms with E-state index in [2.05, 4.69) is 31.4 Å². The Balaban J connectivity index is 0.00000200. The van der Waals surface area contributed by atoms with Crippen LogP contribution in [0.5, 0.6) is 0 Å². The van der Waals surface area contributed by atoms with Crippen molar-refractivity contribution in [3.05, 3.63) is 0 Å². The summed E-state index contributed by atoms with van der Waals surface area (Å²) in [6.07, 6.45) is 7.47. The van der Waals surface area contributed by atoms with Gasteiger partial charge in [-0.3, -0.25) is 4.79 Å². The van der Waals surface area contributed by atoms with Gasteiger partial charge in [0.2, 0.25) is 5.91 Å². The van der Waals surface area contributed by atoms with Crippen LogP contribution in [0.15, 0.2) is 0 Å². The average Bonchev–Trinajstić information content (AvgIpc) is 2.96. The maximum absolute atomic E-state index is 12.4. The highest BCUT2D eigenvalue weighted by Crippen LogP contribution is 2.42. The van der Waals surface area contributed by atoms with E-state index in [-0.39, 0.29) is 23.7 Å². The molecule has 1 atom stereocenters. The Morgan fingerprint density at radius 2 is 1.90 bits per heavy atom. The molecular weight excluding hydrogens is 272 g/mol. The lowest BCUT2D eigenvalue weighted by atomic mass is 9.78. The lowest BCUT2D eigenvalue weighted by Gasteiger charge is -2.33. The first-order valence-electron chi connectivity index (χ1n) is 7.95. The Kier molecular flexibility index (Phi) is 6.33. The molecular formula is C16H31ClN2O. The number of hydrogen-bond donors (Lipinski definition) is 2. The molecule has 1 unspecified atom stereocenters. The van der Waals surface area contributed by atoms with Crippen molar-refractivity contribution in [2.75, 3.05) is 19.6 Å². The molecule has 0 aromatic rings. The van der Waals surface area contributed by atoms with Gasteiger partial charge in [-0.1, -0.05) is 26.7 Å². The van der Waals surface area contributed by atoms with Crippen LogP contribution in [0.3, 0.4) is 0 Å². The molecule has 0 aromatic carbocycles. The number of halogens is 1. The van der Waals surface area contributed by atoms with Crippen molar-refractivity contribution in [2.24, 2.45) is 16.7 Å². The molecule has 0 spiro atoms. The van der Waals surface area contributed by atoms with Crippen molar-refractivity contribution in [1.29, 1.82) is 0 Å². The minimum absolute atomic E-state index is 0. The fourth-order valence-corrected chi connectivity index (χ4v) is 3.94. The van der Waals surface area contributed by atoms with Crippen LogP contribution in [0, 0.1) is 16.7 Å². The second kappa shape index (κ2) is 7.13. The quantitative estimate of drug-likeness (QED) is 0.819. The number of carbonyl (C=O) groups excluding carboxylic acids is 1. The topological polar surface area (TPSA) is 41.1 Å². The molecule has 4 heteroatoms. The number of nitrogens with one attached hydrogen (secondary N) is 2. The van der Waals surface area contributed by atoms with Crippen LogP contribution in [0.2, 0.25) is 0 Å². The second-order valence-corrected chi connectivity index (χ2v) is 7.48. The molecule has 1 saturated heterocycles. The summed E-state index contributed by atoms with van der Waals surface area (Å²) < 4.78 is 0. The second-order valence-electron chi connectivity index (χ2n) is 7.48. The van der Waals surface area contributed by atoms with Gasteiger partial charge in [0.25, 0.3) is 0 Å². The molecule has 2 aliphatic rings. The Hall–Kier alpha value is -0.280. The highest BCUT2D eigenvalue weighted by Gasteiger charge is 2.39. The van der Waals surface area contributed by atoms with Crippen molar-refractivity contribution in [3.63, 3.8) is 0 Å². The Morgan fingerprint density at radius 1 is 1.25 bits per heavy atom. The molecule has 1 heterocycles. The molecule has 2 N–H and O–H groups in total. The van der Waals surface area contributed by atoms with Gasteiger partial charge in [-0.05, 0) is 50.5 Å². The van der Waals surface area contributed by atoms with Crippen LogP contribution in [0.25, 0.3) is 0 Å². The van der Waals surface area contributed by atoms with Crippen LogP contribution < -0.4 is 10.6 Å². The van der Waals surface area contributed by atoms with E-state index in [9.17, 15) is 4.79 Å². The fourth-order valence-electron chi connectivity index (χ4n) is 3.94. The predicted octanol–water partition coefficient (Wildman–Crippen LogP) is 3.13. The van der Waals surface area contributed by atoms with Gasteiger partial charge < -0.3 is 10.6 Å². The minimum atomic E-state index is -0.183. The third-order valence-electron chi connectivity index (χ3n) is 5.05. The first-order chi connectivity index (χ1) is 8.96. The standard InChI is InChI=1S/C16H30N2O.ClH/c1-13(2)10-16(6-4-5-7-16)12-18-14(19)15(3)8-9-17-11-15;/h13,17H,4-12H2,1-3H3,(H,18,19);1H. The van der Waals surface area contributed by atoms with Crippen molar-refractivity contribution in [1.82, 2.24) is 10.6 Å². The van der Waals surface area contributed by atoms with Crippen LogP contribution in [0.1, 0.15) is 59.3 Å². The molecule has 2 fully saturated rings. The number of carbonyl (C=O) groups is 1. The van der Waals surface area contributed by atoms with Crippen molar-refractivity contribution in [3.8, 4) is 0 Å². The summed E-state index contributed by atoms with van der Waals surface area (Å²) in [5, 5.41) is 6.58. The molecule has 20 heavy (non-hydrogen) atoms. The molecule has 1 aliphatic carbocycles. The zero-order valence-electron chi connectivity index (χ0n) is 13.3. The number of amides is 1. The monoisotopic (exact) mass is 302 g/mol. The lowest BCUT2D eigenvalue weighted by Crippen LogP contribution is -2.45. The van der Waals surface area contributed by atoms with Gasteiger partial charge in [0.05, 0.1) is 5.41 Å². The van der Waals surface area contributed by atoms with E-state index in [0.717, 1.165) is 32.0 Å². The molecule has 1 amide bonds. The normalized spacial score (nSPS) is 28.4. The van der Waals surface area contributed by atoms with Crippen LogP contribution in [-0.2, 0) is 4.79 Å². The molecule has 2 rings (SSSR count). The number of hydrogen-bond acceptors (Lipinski definition) is 2. The average molecular weight is 303 g/mol. The van der Waals surface area contributed by atoms with Crippen LogP contribution in [0.4, 0.5) is 0 Å². The minimum Gasteiger partial charge on any atom is -0.355 e. The summed E-state index contributed by atoms with van der Waals surface area (Å²) in [6.45, 7) is 9.37. The first kappa shape index (κ1) is 17.8. The maximum Gasteiger partial charge on any atom is 0.227 e. The van der Waals surface area contributed by atoms with E-state index in [0.29, 0.717) is 5.41 Å². The third kappa shape index (κ3) is 4.11. The van der Waals surface area contributed by atoms with Crippen LogP contribution >= 0.6 is 12.4 Å². The summed E-state index contributed by atoms with van der Waals surface area (Å²) in [5.74, 6) is 0.978. The van der Waals surface area contributed by atoms with Gasteiger partial charge in [0, 0.05) is 13.1 Å². The zero-order chi connectivity index (χ0) is 13.9. The van der Waals surface area contributed by atoms with Gasteiger partial charge in [-0.2, -0.15) is 0 Å². The van der Waals surface area contributed by atoms with E-state index in [1.54, 1.807) is 0 Å². The summed E-state index contributed by atoms with van der Waals surface area (Å²) in [7, 11) is 0. The van der Waals surface area contributed by atoms with Gasteiger partial charge in [0.15, 0.2) is 0 Å². The van der Waals surface area contributed by atoms with E-state index >= 15 is 0 Å². The lowest BCUT2D eigenvalue weighted by molar-refractivity contribution is -0.129. The largest absolute Gasteiger partial charge is 0.355 e. The van der Waals surface area contributed by atoms with E-state index in [1.165, 1.54) is 32.1 Å². The molecule has 0 radical (unpaired) electrons. The molecule has 118 valence electrons. The van der Waals surface area contributed by atoms with Crippen LogP contribution in [-0.4, -0.2) is 25.5 Å². The predicted molar refractivity (Wildman–Crippen MR) is 86.2 cm³/mol. The first-order valence-corrected chi connectivity index (χ1v) is 7.95. The summed E-state index contributed by atoms with van der Waals surface area (Å²) in [6, 6.07) is 0. The zero-order valence-corrected chi connectivity index (χ0v) is 14.1. The van der Waals surface area contributed by atoms with Crippen molar-refractivity contribution < 1.29 is 4.79 Å². The molecule has 3 nitrogen and oxygen atoms in total.